The van der Waals surface area contributed by atoms with E-state index in [2.05, 4.69) is 32.1 Å². The van der Waals surface area contributed by atoms with Gasteiger partial charge in [-0.25, -0.2) is 15.0 Å². The van der Waals surface area contributed by atoms with Crippen molar-refractivity contribution >= 4 is 17.0 Å². The van der Waals surface area contributed by atoms with E-state index in [-0.39, 0.29) is 18.3 Å². The predicted octanol–water partition coefficient (Wildman–Crippen LogP) is 3.79. The van der Waals surface area contributed by atoms with Gasteiger partial charge in [-0.05, 0) is 39.5 Å². The van der Waals surface area contributed by atoms with E-state index in [0.29, 0.717) is 12.0 Å². The van der Waals surface area contributed by atoms with Gasteiger partial charge in [0.2, 0.25) is 0 Å². The van der Waals surface area contributed by atoms with E-state index in [1.807, 2.05) is 18.4 Å². The van der Waals surface area contributed by atoms with Crippen molar-refractivity contribution in [2.45, 2.75) is 102 Å². The molecule has 2 saturated carbocycles. The van der Waals surface area contributed by atoms with Crippen LogP contribution in [-0.2, 0) is 14.2 Å². The third-order valence-electron chi connectivity index (χ3n) is 7.14. The molecule has 2 aromatic rings. The molecule has 4 atom stereocenters. The summed E-state index contributed by atoms with van der Waals surface area (Å²) >= 11 is 0. The molecular weight excluding hydrogens is 406 g/mol. The molecule has 2 aromatic heterocycles. The van der Waals surface area contributed by atoms with Crippen LogP contribution < -0.4 is 5.32 Å². The summed E-state index contributed by atoms with van der Waals surface area (Å²) in [5, 5.41) is 3.56. The standard InChI is InChI=1S/C24H31N5O3/c1-24(2)31-19-17(12-11-15-7-3-4-8-15)30-23(20(19)32-24)29-14-27-18-21(25-13-26-22(18)29)28-16-9-5-6-10-16/h13-17,19-20,23H,3-10H2,1-2H3,(H,25,26,28). The minimum absolute atomic E-state index is 0.237. The van der Waals surface area contributed by atoms with Gasteiger partial charge < -0.3 is 19.5 Å². The maximum absolute atomic E-state index is 6.43. The molecule has 2 saturated heterocycles. The Morgan fingerprint density at radius 3 is 2.53 bits per heavy atom. The lowest BCUT2D eigenvalue weighted by molar-refractivity contribution is -0.190. The van der Waals surface area contributed by atoms with Crippen molar-refractivity contribution in [3.63, 3.8) is 0 Å². The topological polar surface area (TPSA) is 83.3 Å². The van der Waals surface area contributed by atoms with Gasteiger partial charge >= 0.3 is 0 Å². The second kappa shape index (κ2) is 7.98. The van der Waals surface area contributed by atoms with Gasteiger partial charge in [0.05, 0.1) is 6.33 Å². The third-order valence-corrected chi connectivity index (χ3v) is 7.14. The summed E-state index contributed by atoms with van der Waals surface area (Å²) in [4.78, 5) is 13.7. The maximum Gasteiger partial charge on any atom is 0.167 e. The number of fused-ring (bicyclic) bond motifs is 2. The molecule has 32 heavy (non-hydrogen) atoms. The van der Waals surface area contributed by atoms with Crippen LogP contribution in [0.15, 0.2) is 12.7 Å². The number of anilines is 1. The van der Waals surface area contributed by atoms with Gasteiger partial charge in [0, 0.05) is 12.0 Å². The Labute approximate surface area is 188 Å². The highest BCUT2D eigenvalue weighted by Gasteiger charge is 2.56. The maximum atomic E-state index is 6.43. The van der Waals surface area contributed by atoms with Crippen LogP contribution in [0.2, 0.25) is 0 Å². The van der Waals surface area contributed by atoms with Crippen LogP contribution in [-0.4, -0.2) is 49.7 Å². The van der Waals surface area contributed by atoms with E-state index in [1.165, 1.54) is 51.4 Å². The monoisotopic (exact) mass is 437 g/mol. The van der Waals surface area contributed by atoms with Crippen LogP contribution in [0.4, 0.5) is 5.82 Å². The van der Waals surface area contributed by atoms with Gasteiger partial charge in [-0.15, -0.1) is 0 Å². The average Bonchev–Trinajstić information content (AvgIpc) is 3.56. The number of hydrogen-bond acceptors (Lipinski definition) is 7. The van der Waals surface area contributed by atoms with Gasteiger partial charge in [0.15, 0.2) is 29.0 Å². The molecule has 0 radical (unpaired) electrons. The number of imidazole rings is 1. The van der Waals surface area contributed by atoms with E-state index >= 15 is 0 Å². The normalized spacial score (nSPS) is 32.3. The van der Waals surface area contributed by atoms with Crippen LogP contribution in [0.1, 0.15) is 71.4 Å². The molecule has 8 heteroatoms. The molecule has 4 fully saturated rings. The summed E-state index contributed by atoms with van der Waals surface area (Å²) in [6.45, 7) is 3.89. The van der Waals surface area contributed by atoms with E-state index in [1.54, 1.807) is 12.7 Å². The molecule has 0 amide bonds. The second-order valence-electron chi connectivity index (χ2n) is 9.95. The van der Waals surface area contributed by atoms with Gasteiger partial charge in [0.25, 0.3) is 0 Å². The molecule has 0 spiro atoms. The Morgan fingerprint density at radius 1 is 0.969 bits per heavy atom. The summed E-state index contributed by atoms with van der Waals surface area (Å²) in [5.74, 6) is 7.40. The Kier molecular flexibility index (Phi) is 5.09. The highest BCUT2D eigenvalue weighted by molar-refractivity contribution is 5.82. The van der Waals surface area contributed by atoms with Crippen LogP contribution in [0.5, 0.6) is 0 Å². The molecule has 8 nitrogen and oxygen atoms in total. The molecule has 6 rings (SSSR count). The zero-order chi connectivity index (χ0) is 21.7. The Balaban J connectivity index is 1.30. The molecule has 4 heterocycles. The van der Waals surface area contributed by atoms with Gasteiger partial charge in [0.1, 0.15) is 24.6 Å². The minimum atomic E-state index is -0.675. The summed E-state index contributed by atoms with van der Waals surface area (Å²) in [6.07, 6.45) is 11.9. The van der Waals surface area contributed by atoms with Crippen molar-refractivity contribution in [2.75, 3.05) is 5.32 Å². The van der Waals surface area contributed by atoms with Crippen molar-refractivity contribution < 1.29 is 14.2 Å². The number of ether oxygens (including phenoxy) is 3. The third kappa shape index (κ3) is 3.66. The molecule has 1 N–H and O–H groups in total. The highest BCUT2D eigenvalue weighted by Crippen LogP contribution is 2.44. The Morgan fingerprint density at radius 2 is 1.72 bits per heavy atom. The zero-order valence-corrected chi connectivity index (χ0v) is 18.8. The van der Waals surface area contributed by atoms with Crippen molar-refractivity contribution in [1.29, 1.82) is 0 Å². The number of aromatic nitrogens is 4. The lowest BCUT2D eigenvalue weighted by Crippen LogP contribution is -2.28. The molecule has 170 valence electrons. The quantitative estimate of drug-likeness (QED) is 0.732. The fraction of sp³-hybridized carbons (Fsp3) is 0.708. The van der Waals surface area contributed by atoms with Gasteiger partial charge in [-0.2, -0.15) is 0 Å². The fourth-order valence-corrected chi connectivity index (χ4v) is 5.59. The SMILES string of the molecule is CC1(C)OC2C(C#CC3CCCC3)OC(n3cnc4c(NC5CCCC5)ncnc43)C2O1. The second-order valence-corrected chi connectivity index (χ2v) is 9.95. The first-order chi connectivity index (χ1) is 15.6. The number of nitrogens with one attached hydrogen (secondary N) is 1. The lowest BCUT2D eigenvalue weighted by atomic mass is 10.1. The van der Waals surface area contributed by atoms with Crippen LogP contribution in [0, 0.1) is 17.8 Å². The molecule has 0 aromatic carbocycles. The number of rotatable bonds is 3. The summed E-state index contributed by atoms with van der Waals surface area (Å²) < 4.78 is 20.9. The lowest BCUT2D eigenvalue weighted by Gasteiger charge is -2.23. The van der Waals surface area contributed by atoms with E-state index in [0.717, 1.165) is 17.0 Å². The van der Waals surface area contributed by atoms with Crippen molar-refractivity contribution in [1.82, 2.24) is 19.5 Å². The molecule has 4 aliphatic rings. The zero-order valence-electron chi connectivity index (χ0n) is 18.8. The van der Waals surface area contributed by atoms with Gasteiger partial charge in [-0.1, -0.05) is 37.5 Å². The van der Waals surface area contributed by atoms with E-state index in [4.69, 9.17) is 14.2 Å². The Hall–Kier alpha value is -2.21. The minimum Gasteiger partial charge on any atom is -0.365 e. The van der Waals surface area contributed by atoms with Crippen molar-refractivity contribution in [2.24, 2.45) is 5.92 Å². The number of nitrogens with zero attached hydrogens (tertiary/aromatic N) is 4. The first-order valence-electron chi connectivity index (χ1n) is 12.0. The smallest absolute Gasteiger partial charge is 0.167 e. The Bertz CT molecular complexity index is 1040. The van der Waals surface area contributed by atoms with Crippen LogP contribution >= 0.6 is 0 Å². The summed E-state index contributed by atoms with van der Waals surface area (Å²) in [5.41, 5.74) is 1.50. The molecule has 2 aliphatic carbocycles. The first kappa shape index (κ1) is 20.4. The van der Waals surface area contributed by atoms with Crippen molar-refractivity contribution in [3.8, 4) is 11.8 Å². The fourth-order valence-electron chi connectivity index (χ4n) is 5.59. The van der Waals surface area contributed by atoms with Gasteiger partial charge in [-0.3, -0.25) is 4.57 Å². The number of hydrogen-bond donors (Lipinski definition) is 1. The van der Waals surface area contributed by atoms with Crippen molar-refractivity contribution in [3.05, 3.63) is 12.7 Å². The predicted molar refractivity (Wildman–Crippen MR) is 119 cm³/mol. The molecular formula is C24H31N5O3. The first-order valence-corrected chi connectivity index (χ1v) is 12.0. The van der Waals surface area contributed by atoms with Crippen LogP contribution in [0.25, 0.3) is 11.2 Å². The molecule has 2 aliphatic heterocycles. The van der Waals surface area contributed by atoms with E-state index in [9.17, 15) is 0 Å². The van der Waals surface area contributed by atoms with Crippen LogP contribution in [0.3, 0.4) is 0 Å². The summed E-state index contributed by atoms with van der Waals surface area (Å²) in [7, 11) is 0. The summed E-state index contributed by atoms with van der Waals surface area (Å²) in [6, 6.07) is 0.452. The highest BCUT2D eigenvalue weighted by atomic mass is 16.8. The largest absolute Gasteiger partial charge is 0.365 e. The van der Waals surface area contributed by atoms with E-state index < -0.39 is 12.0 Å². The molecule has 0 bridgehead atoms. The average molecular weight is 438 g/mol. The molecule has 4 unspecified atom stereocenters.